The zero-order chi connectivity index (χ0) is 10.6. The molecule has 0 aromatic carbocycles. The van der Waals surface area contributed by atoms with E-state index in [0.29, 0.717) is 6.54 Å². The van der Waals surface area contributed by atoms with Gasteiger partial charge in [0.25, 0.3) is 0 Å². The Labute approximate surface area is 87.4 Å². The van der Waals surface area contributed by atoms with Gasteiger partial charge in [-0.1, -0.05) is 6.92 Å². The van der Waals surface area contributed by atoms with E-state index in [9.17, 15) is 0 Å². The summed E-state index contributed by atoms with van der Waals surface area (Å²) in [6.07, 6.45) is 1.08. The first-order valence-corrected chi connectivity index (χ1v) is 5.34. The van der Waals surface area contributed by atoms with E-state index < -0.39 is 0 Å². The molecule has 0 aliphatic carbocycles. The molecule has 0 aliphatic rings. The van der Waals surface area contributed by atoms with Gasteiger partial charge in [-0.25, -0.2) is 0 Å². The van der Waals surface area contributed by atoms with Gasteiger partial charge in [-0.05, 0) is 6.42 Å². The fourth-order valence-electron chi connectivity index (χ4n) is 1.18. The molecule has 0 radical (unpaired) electrons. The van der Waals surface area contributed by atoms with Gasteiger partial charge in [0.1, 0.15) is 0 Å². The average molecular weight is 204 g/mol. The SMILES string of the molecule is CCCOCCN(CCN)CCOC. The zero-order valence-electron chi connectivity index (χ0n) is 9.50. The van der Waals surface area contributed by atoms with Gasteiger partial charge in [0.2, 0.25) is 0 Å². The fourth-order valence-corrected chi connectivity index (χ4v) is 1.18. The third-order valence-corrected chi connectivity index (χ3v) is 1.96. The van der Waals surface area contributed by atoms with Crippen molar-refractivity contribution in [1.29, 1.82) is 0 Å². The van der Waals surface area contributed by atoms with Crippen LogP contribution in [0.3, 0.4) is 0 Å². The van der Waals surface area contributed by atoms with Crippen LogP contribution in [0.5, 0.6) is 0 Å². The Morgan fingerprint density at radius 1 is 1.07 bits per heavy atom. The van der Waals surface area contributed by atoms with Crippen LogP contribution in [0.15, 0.2) is 0 Å². The Kier molecular flexibility index (Phi) is 10.8. The van der Waals surface area contributed by atoms with Crippen molar-refractivity contribution in [2.24, 2.45) is 5.73 Å². The van der Waals surface area contributed by atoms with Gasteiger partial charge in [0, 0.05) is 39.9 Å². The molecule has 86 valence electrons. The van der Waals surface area contributed by atoms with Gasteiger partial charge in [-0.2, -0.15) is 0 Å². The highest BCUT2D eigenvalue weighted by Crippen LogP contribution is 1.89. The number of nitrogens with two attached hydrogens (primary N) is 1. The van der Waals surface area contributed by atoms with E-state index in [2.05, 4.69) is 11.8 Å². The molecule has 0 saturated heterocycles. The van der Waals surface area contributed by atoms with Crippen molar-refractivity contribution in [3.8, 4) is 0 Å². The molecule has 0 fully saturated rings. The van der Waals surface area contributed by atoms with Crippen LogP contribution < -0.4 is 5.73 Å². The topological polar surface area (TPSA) is 47.7 Å². The summed E-state index contributed by atoms with van der Waals surface area (Å²) in [5, 5.41) is 0. The van der Waals surface area contributed by atoms with Crippen molar-refractivity contribution in [3.63, 3.8) is 0 Å². The van der Waals surface area contributed by atoms with Gasteiger partial charge in [0.15, 0.2) is 0 Å². The normalized spacial score (nSPS) is 11.1. The van der Waals surface area contributed by atoms with E-state index in [1.165, 1.54) is 0 Å². The van der Waals surface area contributed by atoms with E-state index in [1.54, 1.807) is 7.11 Å². The van der Waals surface area contributed by atoms with Crippen LogP contribution in [0, 0.1) is 0 Å². The minimum absolute atomic E-state index is 0.692. The first kappa shape index (κ1) is 13.8. The standard InChI is InChI=1S/C10H24N2O2/c1-3-8-14-10-7-12(5-4-11)6-9-13-2/h3-11H2,1-2H3. The summed E-state index contributed by atoms with van der Waals surface area (Å²) < 4.78 is 10.4. The largest absolute Gasteiger partial charge is 0.383 e. The van der Waals surface area contributed by atoms with Crippen LogP contribution in [0.25, 0.3) is 0 Å². The molecule has 0 saturated carbocycles. The van der Waals surface area contributed by atoms with Crippen molar-refractivity contribution < 1.29 is 9.47 Å². The summed E-state index contributed by atoms with van der Waals surface area (Å²) in [5.41, 5.74) is 5.51. The van der Waals surface area contributed by atoms with Gasteiger partial charge in [-0.3, -0.25) is 4.90 Å². The maximum Gasteiger partial charge on any atom is 0.0593 e. The molecule has 0 aromatic rings. The number of ether oxygens (including phenoxy) is 2. The molecular formula is C10H24N2O2. The molecule has 0 unspecified atom stereocenters. The maximum atomic E-state index is 5.51. The van der Waals surface area contributed by atoms with Crippen molar-refractivity contribution in [3.05, 3.63) is 0 Å². The average Bonchev–Trinajstić information content (AvgIpc) is 2.20. The number of methoxy groups -OCH3 is 1. The van der Waals surface area contributed by atoms with Crippen molar-refractivity contribution >= 4 is 0 Å². The van der Waals surface area contributed by atoms with Gasteiger partial charge < -0.3 is 15.2 Å². The summed E-state index contributed by atoms with van der Waals surface area (Å²) in [6, 6.07) is 0. The molecule has 0 aromatic heterocycles. The molecule has 0 rings (SSSR count). The zero-order valence-corrected chi connectivity index (χ0v) is 9.50. The fraction of sp³-hybridized carbons (Fsp3) is 1.00. The second-order valence-corrected chi connectivity index (χ2v) is 3.24. The Hall–Kier alpha value is -0.160. The molecule has 0 spiro atoms. The van der Waals surface area contributed by atoms with Crippen molar-refractivity contribution in [2.45, 2.75) is 13.3 Å². The Morgan fingerprint density at radius 3 is 2.36 bits per heavy atom. The van der Waals surface area contributed by atoms with E-state index in [1.807, 2.05) is 0 Å². The number of nitrogens with zero attached hydrogens (tertiary/aromatic N) is 1. The van der Waals surface area contributed by atoms with Crippen LogP contribution >= 0.6 is 0 Å². The van der Waals surface area contributed by atoms with Crippen LogP contribution in [0.2, 0.25) is 0 Å². The third kappa shape index (κ3) is 8.44. The summed E-state index contributed by atoms with van der Waals surface area (Å²) in [6.45, 7) is 7.99. The van der Waals surface area contributed by atoms with Crippen LogP contribution in [0.4, 0.5) is 0 Å². The first-order chi connectivity index (χ1) is 6.85. The number of hydrogen-bond acceptors (Lipinski definition) is 4. The minimum Gasteiger partial charge on any atom is -0.383 e. The second-order valence-electron chi connectivity index (χ2n) is 3.24. The van der Waals surface area contributed by atoms with Gasteiger partial charge in [0.05, 0.1) is 13.2 Å². The minimum atomic E-state index is 0.692. The lowest BCUT2D eigenvalue weighted by Crippen LogP contribution is -2.35. The van der Waals surface area contributed by atoms with Crippen LogP contribution in [-0.2, 0) is 9.47 Å². The van der Waals surface area contributed by atoms with Crippen molar-refractivity contribution in [2.75, 3.05) is 53.1 Å². The Morgan fingerprint density at radius 2 is 1.79 bits per heavy atom. The summed E-state index contributed by atoms with van der Waals surface area (Å²) >= 11 is 0. The molecule has 2 N–H and O–H groups in total. The monoisotopic (exact) mass is 204 g/mol. The molecule has 0 bridgehead atoms. The molecular weight excluding hydrogens is 180 g/mol. The maximum absolute atomic E-state index is 5.51. The molecule has 0 amide bonds. The summed E-state index contributed by atoms with van der Waals surface area (Å²) in [4.78, 5) is 2.26. The Bertz CT molecular complexity index is 112. The number of hydrogen-bond donors (Lipinski definition) is 1. The molecule has 14 heavy (non-hydrogen) atoms. The second kappa shape index (κ2) is 10.9. The smallest absolute Gasteiger partial charge is 0.0593 e. The predicted molar refractivity (Wildman–Crippen MR) is 58.5 cm³/mol. The van der Waals surface area contributed by atoms with E-state index in [-0.39, 0.29) is 0 Å². The Balaban J connectivity index is 3.40. The molecule has 4 nitrogen and oxygen atoms in total. The lowest BCUT2D eigenvalue weighted by atomic mass is 10.4. The summed E-state index contributed by atoms with van der Waals surface area (Å²) in [5.74, 6) is 0. The van der Waals surface area contributed by atoms with Crippen LogP contribution in [0.1, 0.15) is 13.3 Å². The third-order valence-electron chi connectivity index (χ3n) is 1.96. The lowest BCUT2D eigenvalue weighted by Gasteiger charge is -2.20. The molecule has 0 heterocycles. The highest BCUT2D eigenvalue weighted by atomic mass is 16.5. The lowest BCUT2D eigenvalue weighted by molar-refractivity contribution is 0.0898. The highest BCUT2D eigenvalue weighted by molar-refractivity contribution is 4.57. The summed E-state index contributed by atoms with van der Waals surface area (Å²) in [7, 11) is 1.72. The highest BCUT2D eigenvalue weighted by Gasteiger charge is 2.02. The molecule has 0 atom stereocenters. The van der Waals surface area contributed by atoms with Gasteiger partial charge in [-0.15, -0.1) is 0 Å². The van der Waals surface area contributed by atoms with Crippen LogP contribution in [-0.4, -0.2) is 58.0 Å². The predicted octanol–water partition coefficient (Wildman–Crippen LogP) is 0.320. The van der Waals surface area contributed by atoms with E-state index in [0.717, 1.165) is 45.9 Å². The molecule has 0 aliphatic heterocycles. The number of rotatable bonds is 10. The van der Waals surface area contributed by atoms with Gasteiger partial charge >= 0.3 is 0 Å². The van der Waals surface area contributed by atoms with E-state index >= 15 is 0 Å². The van der Waals surface area contributed by atoms with E-state index in [4.69, 9.17) is 15.2 Å². The van der Waals surface area contributed by atoms with Crippen molar-refractivity contribution in [1.82, 2.24) is 4.90 Å². The first-order valence-electron chi connectivity index (χ1n) is 5.34. The molecule has 4 heteroatoms. The quantitative estimate of drug-likeness (QED) is 0.521.